The van der Waals surface area contributed by atoms with Gasteiger partial charge in [0.2, 0.25) is 11.7 Å². The van der Waals surface area contributed by atoms with Crippen LogP contribution in [0.25, 0.3) is 11.5 Å². The van der Waals surface area contributed by atoms with Crippen LogP contribution in [0.1, 0.15) is 24.8 Å². The van der Waals surface area contributed by atoms with Gasteiger partial charge in [-0.25, -0.2) is 0 Å². The number of nitrogens with zero attached hydrogens (tertiary/aromatic N) is 5. The van der Waals surface area contributed by atoms with Crippen molar-refractivity contribution < 1.29 is 4.52 Å². The molecule has 98 valence electrons. The molecule has 0 aliphatic carbocycles. The van der Waals surface area contributed by atoms with Crippen LogP contribution in [0.5, 0.6) is 0 Å². The summed E-state index contributed by atoms with van der Waals surface area (Å²) in [6, 6.07) is 3.81. The third-order valence-electron chi connectivity index (χ3n) is 3.26. The van der Waals surface area contributed by atoms with Crippen LogP contribution in [0.4, 0.5) is 0 Å². The molecule has 0 spiro atoms. The first-order valence-corrected chi connectivity index (χ1v) is 6.35. The zero-order valence-electron chi connectivity index (χ0n) is 10.6. The lowest BCUT2D eigenvalue weighted by atomic mass is 10.2. The number of hydrogen-bond donors (Lipinski definition) is 0. The molecule has 1 unspecified atom stereocenters. The molecular formula is C13H15N5O. The molecule has 0 saturated carbocycles. The Balaban J connectivity index is 1.83. The lowest BCUT2D eigenvalue weighted by Gasteiger charge is -2.18. The summed E-state index contributed by atoms with van der Waals surface area (Å²) in [4.78, 5) is 6.73. The van der Waals surface area contributed by atoms with E-state index in [1.165, 1.54) is 0 Å². The summed E-state index contributed by atoms with van der Waals surface area (Å²) >= 11 is 0. The summed E-state index contributed by atoms with van der Waals surface area (Å²) in [5, 5.41) is 11.8. The van der Waals surface area contributed by atoms with Crippen LogP contribution in [0, 0.1) is 0 Å². The maximum Gasteiger partial charge on any atom is 0.244 e. The van der Waals surface area contributed by atoms with Crippen molar-refractivity contribution in [3.63, 3.8) is 0 Å². The maximum absolute atomic E-state index is 5.37. The van der Waals surface area contributed by atoms with Gasteiger partial charge >= 0.3 is 0 Å². The van der Waals surface area contributed by atoms with Gasteiger partial charge in [-0.2, -0.15) is 10.1 Å². The average Bonchev–Trinajstić information content (AvgIpc) is 3.08. The summed E-state index contributed by atoms with van der Waals surface area (Å²) in [6.07, 6.45) is 5.70. The Kier molecular flexibility index (Phi) is 3.33. The van der Waals surface area contributed by atoms with E-state index in [0.29, 0.717) is 17.4 Å². The molecule has 1 fully saturated rings. The molecule has 0 radical (unpaired) electrons. The van der Waals surface area contributed by atoms with Gasteiger partial charge in [-0.3, -0.25) is 4.90 Å². The first-order valence-electron chi connectivity index (χ1n) is 6.35. The first kappa shape index (κ1) is 12.0. The minimum Gasteiger partial charge on any atom is -0.337 e. The standard InChI is InChI=1S/C13H15N5O/c1-2-8-18-9-4-6-11(18)13-15-12(17-19-13)10-5-3-7-14-16-10/h2-3,5,7,11H,1,4,6,8-9H2. The third-order valence-corrected chi connectivity index (χ3v) is 3.26. The molecule has 6 nitrogen and oxygen atoms in total. The maximum atomic E-state index is 5.37. The van der Waals surface area contributed by atoms with Gasteiger partial charge in [-0.15, -0.1) is 11.7 Å². The highest BCUT2D eigenvalue weighted by atomic mass is 16.5. The Labute approximate surface area is 111 Å². The average molecular weight is 257 g/mol. The van der Waals surface area contributed by atoms with Gasteiger partial charge in [-0.1, -0.05) is 11.2 Å². The van der Waals surface area contributed by atoms with Crippen LogP contribution in [-0.4, -0.2) is 38.3 Å². The number of aromatic nitrogens is 4. The molecule has 0 N–H and O–H groups in total. The van der Waals surface area contributed by atoms with Crippen molar-refractivity contribution in [3.05, 3.63) is 36.9 Å². The zero-order chi connectivity index (χ0) is 13.1. The molecule has 0 bridgehead atoms. The number of hydrogen-bond acceptors (Lipinski definition) is 6. The van der Waals surface area contributed by atoms with Crippen molar-refractivity contribution >= 4 is 0 Å². The summed E-state index contributed by atoms with van der Waals surface area (Å²) in [5.74, 6) is 1.15. The highest BCUT2D eigenvalue weighted by Gasteiger charge is 2.30. The van der Waals surface area contributed by atoms with Gasteiger partial charge < -0.3 is 4.52 Å². The fraction of sp³-hybridized carbons (Fsp3) is 0.385. The van der Waals surface area contributed by atoms with Crippen molar-refractivity contribution in [2.45, 2.75) is 18.9 Å². The van der Waals surface area contributed by atoms with Crippen LogP contribution in [0.2, 0.25) is 0 Å². The van der Waals surface area contributed by atoms with Crippen LogP contribution in [-0.2, 0) is 0 Å². The minimum atomic E-state index is 0.191. The van der Waals surface area contributed by atoms with Gasteiger partial charge in [0.1, 0.15) is 5.69 Å². The summed E-state index contributed by atoms with van der Waals surface area (Å²) in [5.41, 5.74) is 0.630. The van der Waals surface area contributed by atoms with Crippen molar-refractivity contribution in [1.29, 1.82) is 0 Å². The Bertz CT molecular complexity index is 553. The van der Waals surface area contributed by atoms with E-state index in [9.17, 15) is 0 Å². The van der Waals surface area contributed by atoms with Gasteiger partial charge in [-0.05, 0) is 31.5 Å². The van der Waals surface area contributed by atoms with E-state index in [0.717, 1.165) is 25.9 Å². The van der Waals surface area contributed by atoms with Crippen molar-refractivity contribution in [2.75, 3.05) is 13.1 Å². The predicted molar refractivity (Wildman–Crippen MR) is 69.1 cm³/mol. The molecule has 3 heterocycles. The second kappa shape index (κ2) is 5.27. The van der Waals surface area contributed by atoms with E-state index < -0.39 is 0 Å². The zero-order valence-corrected chi connectivity index (χ0v) is 10.6. The van der Waals surface area contributed by atoms with E-state index in [1.54, 1.807) is 12.3 Å². The molecule has 19 heavy (non-hydrogen) atoms. The highest BCUT2D eigenvalue weighted by Crippen LogP contribution is 2.31. The smallest absolute Gasteiger partial charge is 0.244 e. The monoisotopic (exact) mass is 257 g/mol. The summed E-state index contributed by atoms with van der Waals surface area (Å²) < 4.78 is 5.37. The molecule has 0 amide bonds. The van der Waals surface area contributed by atoms with Crippen LogP contribution in [0.15, 0.2) is 35.5 Å². The fourth-order valence-electron chi connectivity index (χ4n) is 2.39. The largest absolute Gasteiger partial charge is 0.337 e. The van der Waals surface area contributed by atoms with Crippen molar-refractivity contribution in [1.82, 2.24) is 25.2 Å². The predicted octanol–water partition coefficient (Wildman–Crippen LogP) is 1.85. The molecule has 2 aromatic rings. The number of rotatable bonds is 4. The molecule has 3 rings (SSSR count). The summed E-state index contributed by atoms with van der Waals surface area (Å²) in [7, 11) is 0. The summed E-state index contributed by atoms with van der Waals surface area (Å²) in [6.45, 7) is 5.66. The van der Waals surface area contributed by atoms with E-state index in [2.05, 4.69) is 31.8 Å². The Morgan fingerprint density at radius 3 is 3.26 bits per heavy atom. The molecule has 1 aliphatic heterocycles. The van der Waals surface area contributed by atoms with Crippen molar-refractivity contribution in [2.24, 2.45) is 0 Å². The molecule has 2 aromatic heterocycles. The Morgan fingerprint density at radius 1 is 1.53 bits per heavy atom. The van der Waals surface area contributed by atoms with Gasteiger partial charge in [0.15, 0.2) is 0 Å². The normalized spacial score (nSPS) is 19.7. The van der Waals surface area contributed by atoms with E-state index in [4.69, 9.17) is 4.52 Å². The minimum absolute atomic E-state index is 0.191. The fourth-order valence-corrected chi connectivity index (χ4v) is 2.39. The van der Waals surface area contributed by atoms with E-state index in [1.807, 2.05) is 12.1 Å². The molecule has 1 aliphatic rings. The second-order valence-electron chi connectivity index (χ2n) is 4.51. The third kappa shape index (κ3) is 2.39. The van der Waals surface area contributed by atoms with Gasteiger partial charge in [0, 0.05) is 12.7 Å². The molecular weight excluding hydrogens is 242 g/mol. The lowest BCUT2D eigenvalue weighted by molar-refractivity contribution is 0.226. The van der Waals surface area contributed by atoms with Crippen LogP contribution >= 0.6 is 0 Å². The molecule has 1 saturated heterocycles. The van der Waals surface area contributed by atoms with E-state index >= 15 is 0 Å². The van der Waals surface area contributed by atoms with E-state index in [-0.39, 0.29) is 6.04 Å². The van der Waals surface area contributed by atoms with Gasteiger partial charge in [0.05, 0.1) is 6.04 Å². The lowest BCUT2D eigenvalue weighted by Crippen LogP contribution is -2.23. The Morgan fingerprint density at radius 2 is 2.47 bits per heavy atom. The first-order chi connectivity index (χ1) is 9.38. The highest BCUT2D eigenvalue weighted by molar-refractivity contribution is 5.46. The molecule has 0 aromatic carbocycles. The molecule has 6 heteroatoms. The van der Waals surface area contributed by atoms with Crippen LogP contribution in [0.3, 0.4) is 0 Å². The molecule has 1 atom stereocenters. The van der Waals surface area contributed by atoms with Crippen molar-refractivity contribution in [3.8, 4) is 11.5 Å². The quantitative estimate of drug-likeness (QED) is 0.779. The SMILES string of the molecule is C=CCN1CCCC1c1nc(-c2cccnn2)no1. The Hall–Kier alpha value is -2.08. The van der Waals surface area contributed by atoms with Gasteiger partial charge in [0.25, 0.3) is 0 Å². The second-order valence-corrected chi connectivity index (χ2v) is 4.51. The number of likely N-dealkylation sites (tertiary alicyclic amines) is 1. The van der Waals surface area contributed by atoms with Crippen LogP contribution < -0.4 is 0 Å². The topological polar surface area (TPSA) is 67.9 Å².